The van der Waals surface area contributed by atoms with Crippen molar-refractivity contribution >= 4 is 5.91 Å². The summed E-state index contributed by atoms with van der Waals surface area (Å²) in [5.74, 6) is 1.27. The van der Waals surface area contributed by atoms with Crippen molar-refractivity contribution in [3.63, 3.8) is 0 Å². The highest BCUT2D eigenvalue weighted by atomic mass is 16.5. The molecular weight excluding hydrogens is 250 g/mol. The zero-order valence-electron chi connectivity index (χ0n) is 12.7. The van der Waals surface area contributed by atoms with Crippen molar-refractivity contribution in [3.8, 4) is 5.75 Å². The maximum absolute atomic E-state index is 11.8. The summed E-state index contributed by atoms with van der Waals surface area (Å²) in [6, 6.07) is 6.41. The van der Waals surface area contributed by atoms with E-state index in [2.05, 4.69) is 32.2 Å². The minimum atomic E-state index is -0.0116. The third kappa shape index (κ3) is 3.99. The molecule has 0 heterocycles. The van der Waals surface area contributed by atoms with E-state index in [-0.39, 0.29) is 12.5 Å². The molecule has 3 nitrogen and oxygen atoms in total. The summed E-state index contributed by atoms with van der Waals surface area (Å²) in [7, 11) is 0. The number of ether oxygens (including phenoxy) is 1. The van der Waals surface area contributed by atoms with Crippen LogP contribution < -0.4 is 10.1 Å². The van der Waals surface area contributed by atoms with E-state index in [1.165, 1.54) is 24.0 Å². The van der Waals surface area contributed by atoms with Gasteiger partial charge in [0.15, 0.2) is 6.61 Å². The Morgan fingerprint density at radius 3 is 2.65 bits per heavy atom. The fraction of sp³-hybridized carbons (Fsp3) is 0.588. The lowest BCUT2D eigenvalue weighted by Crippen LogP contribution is -2.36. The fourth-order valence-electron chi connectivity index (χ4n) is 2.87. The first-order chi connectivity index (χ1) is 9.56. The molecule has 1 aliphatic rings. The number of carbonyl (C=O) groups excluding carboxylic acids is 1. The molecule has 1 aliphatic carbocycles. The molecule has 1 amide bonds. The summed E-state index contributed by atoms with van der Waals surface area (Å²) in [5, 5.41) is 3.03. The SMILES string of the molecule is Cc1cc(OCC(=O)NC2CCCC2)ccc1C(C)C. The molecule has 0 aromatic heterocycles. The Hall–Kier alpha value is -1.51. The number of hydrogen-bond donors (Lipinski definition) is 1. The third-order valence-corrected chi connectivity index (χ3v) is 3.95. The van der Waals surface area contributed by atoms with Crippen LogP contribution in [-0.4, -0.2) is 18.6 Å². The first kappa shape index (κ1) is 14.9. The topological polar surface area (TPSA) is 38.3 Å². The summed E-state index contributed by atoms with van der Waals surface area (Å²) in [6.07, 6.45) is 4.66. The monoisotopic (exact) mass is 275 g/mol. The van der Waals surface area contributed by atoms with E-state index in [0.29, 0.717) is 12.0 Å². The quantitative estimate of drug-likeness (QED) is 0.892. The molecule has 0 spiro atoms. The average Bonchev–Trinajstić information content (AvgIpc) is 2.89. The van der Waals surface area contributed by atoms with Gasteiger partial charge in [-0.25, -0.2) is 0 Å². The zero-order valence-corrected chi connectivity index (χ0v) is 12.7. The molecule has 0 unspecified atom stereocenters. The second-order valence-corrected chi connectivity index (χ2v) is 6.01. The van der Waals surface area contributed by atoms with Crippen molar-refractivity contribution in [1.29, 1.82) is 0 Å². The molecule has 1 aromatic carbocycles. The van der Waals surface area contributed by atoms with Gasteiger partial charge in [-0.3, -0.25) is 4.79 Å². The predicted molar refractivity (Wildman–Crippen MR) is 81.2 cm³/mol. The van der Waals surface area contributed by atoms with E-state index >= 15 is 0 Å². The second-order valence-electron chi connectivity index (χ2n) is 6.01. The van der Waals surface area contributed by atoms with Gasteiger partial charge in [0, 0.05) is 6.04 Å². The van der Waals surface area contributed by atoms with Crippen LogP contribution in [0.5, 0.6) is 5.75 Å². The lowest BCUT2D eigenvalue weighted by atomic mass is 9.98. The van der Waals surface area contributed by atoms with Gasteiger partial charge in [-0.2, -0.15) is 0 Å². The van der Waals surface area contributed by atoms with E-state index < -0.39 is 0 Å². The van der Waals surface area contributed by atoms with Crippen LogP contribution >= 0.6 is 0 Å². The van der Waals surface area contributed by atoms with Gasteiger partial charge in [0.05, 0.1) is 0 Å². The van der Waals surface area contributed by atoms with E-state index in [9.17, 15) is 4.79 Å². The molecular formula is C17H25NO2. The Bertz CT molecular complexity index is 462. The molecule has 0 aliphatic heterocycles. The molecule has 1 saturated carbocycles. The summed E-state index contributed by atoms with van der Waals surface area (Å²) < 4.78 is 5.58. The van der Waals surface area contributed by atoms with Gasteiger partial charge in [-0.05, 0) is 48.9 Å². The number of amides is 1. The van der Waals surface area contributed by atoms with E-state index in [1.54, 1.807) is 0 Å². The maximum Gasteiger partial charge on any atom is 0.258 e. The number of benzene rings is 1. The van der Waals surface area contributed by atoms with Gasteiger partial charge >= 0.3 is 0 Å². The van der Waals surface area contributed by atoms with Crippen molar-refractivity contribution in [2.45, 2.75) is 58.4 Å². The summed E-state index contributed by atoms with van der Waals surface area (Å²) in [5.41, 5.74) is 2.54. The zero-order chi connectivity index (χ0) is 14.5. The summed E-state index contributed by atoms with van der Waals surface area (Å²) in [6.45, 7) is 6.55. The number of aryl methyl sites for hydroxylation is 1. The van der Waals surface area contributed by atoms with Crippen LogP contribution in [0.1, 0.15) is 56.6 Å². The molecule has 0 radical (unpaired) electrons. The Morgan fingerprint density at radius 1 is 1.35 bits per heavy atom. The Kier molecular flexibility index (Phi) is 5.05. The number of rotatable bonds is 5. The standard InChI is InChI=1S/C17H25NO2/c1-12(2)16-9-8-15(10-13(16)3)20-11-17(19)18-14-6-4-5-7-14/h8-10,12,14H,4-7,11H2,1-3H3,(H,18,19). The number of nitrogens with one attached hydrogen (secondary N) is 1. The van der Waals surface area contributed by atoms with E-state index in [1.807, 2.05) is 12.1 Å². The maximum atomic E-state index is 11.8. The summed E-state index contributed by atoms with van der Waals surface area (Å²) in [4.78, 5) is 11.8. The predicted octanol–water partition coefficient (Wildman–Crippen LogP) is 3.56. The molecule has 20 heavy (non-hydrogen) atoms. The van der Waals surface area contributed by atoms with Gasteiger partial charge < -0.3 is 10.1 Å². The summed E-state index contributed by atoms with van der Waals surface area (Å²) >= 11 is 0. The van der Waals surface area contributed by atoms with Crippen molar-refractivity contribution in [2.75, 3.05) is 6.61 Å². The number of hydrogen-bond acceptors (Lipinski definition) is 2. The molecule has 1 N–H and O–H groups in total. The van der Waals surface area contributed by atoms with Gasteiger partial charge in [0.25, 0.3) is 5.91 Å². The average molecular weight is 275 g/mol. The lowest BCUT2D eigenvalue weighted by Gasteiger charge is -2.14. The largest absolute Gasteiger partial charge is 0.484 e. The van der Waals surface area contributed by atoms with Crippen molar-refractivity contribution in [2.24, 2.45) is 0 Å². The Labute approximate surface area is 121 Å². The molecule has 0 atom stereocenters. The molecule has 3 heteroatoms. The van der Waals surface area contributed by atoms with Crippen LogP contribution in [0, 0.1) is 6.92 Å². The Balaban J connectivity index is 1.84. The van der Waals surface area contributed by atoms with Crippen molar-refractivity contribution in [1.82, 2.24) is 5.32 Å². The second kappa shape index (κ2) is 6.78. The minimum Gasteiger partial charge on any atom is -0.484 e. The number of carbonyl (C=O) groups is 1. The van der Waals surface area contributed by atoms with Crippen molar-refractivity contribution in [3.05, 3.63) is 29.3 Å². The van der Waals surface area contributed by atoms with Crippen molar-refractivity contribution < 1.29 is 9.53 Å². The van der Waals surface area contributed by atoms with Gasteiger partial charge in [0.1, 0.15) is 5.75 Å². The highest BCUT2D eigenvalue weighted by Crippen LogP contribution is 2.23. The van der Waals surface area contributed by atoms with Crippen LogP contribution in [0.3, 0.4) is 0 Å². The molecule has 0 saturated heterocycles. The first-order valence-corrected chi connectivity index (χ1v) is 7.59. The third-order valence-electron chi connectivity index (χ3n) is 3.95. The molecule has 2 rings (SSSR count). The van der Waals surface area contributed by atoms with Gasteiger partial charge in [0.2, 0.25) is 0 Å². The van der Waals surface area contributed by atoms with Gasteiger partial charge in [-0.1, -0.05) is 32.8 Å². The Morgan fingerprint density at radius 2 is 2.05 bits per heavy atom. The highest BCUT2D eigenvalue weighted by molar-refractivity contribution is 5.77. The molecule has 110 valence electrons. The van der Waals surface area contributed by atoms with Crippen LogP contribution in [0.15, 0.2) is 18.2 Å². The molecule has 1 fully saturated rings. The van der Waals surface area contributed by atoms with Crippen LogP contribution in [-0.2, 0) is 4.79 Å². The fourth-order valence-corrected chi connectivity index (χ4v) is 2.87. The first-order valence-electron chi connectivity index (χ1n) is 7.59. The molecule has 1 aromatic rings. The van der Waals surface area contributed by atoms with Crippen LogP contribution in [0.2, 0.25) is 0 Å². The van der Waals surface area contributed by atoms with Crippen LogP contribution in [0.25, 0.3) is 0 Å². The molecule has 0 bridgehead atoms. The van der Waals surface area contributed by atoms with Gasteiger partial charge in [-0.15, -0.1) is 0 Å². The minimum absolute atomic E-state index is 0.0116. The lowest BCUT2D eigenvalue weighted by molar-refractivity contribution is -0.123. The normalized spacial score (nSPS) is 15.6. The highest BCUT2D eigenvalue weighted by Gasteiger charge is 2.17. The van der Waals surface area contributed by atoms with E-state index in [0.717, 1.165) is 18.6 Å². The smallest absolute Gasteiger partial charge is 0.258 e. The van der Waals surface area contributed by atoms with Crippen LogP contribution in [0.4, 0.5) is 0 Å². The van der Waals surface area contributed by atoms with E-state index in [4.69, 9.17) is 4.74 Å².